The number of nitrogens with one attached hydrogen (secondary N) is 3. The first-order valence-corrected chi connectivity index (χ1v) is 10.7. The van der Waals surface area contributed by atoms with Gasteiger partial charge in [-0.1, -0.05) is 6.92 Å². The second-order valence-corrected chi connectivity index (χ2v) is 9.09. The van der Waals surface area contributed by atoms with Crippen LogP contribution in [-0.4, -0.2) is 27.3 Å². The van der Waals surface area contributed by atoms with Gasteiger partial charge in [0.05, 0.1) is 9.77 Å². The van der Waals surface area contributed by atoms with Gasteiger partial charge < -0.3 is 0 Å². The highest BCUT2D eigenvalue weighted by atomic mass is 32.2. The lowest BCUT2D eigenvalue weighted by atomic mass is 10.1. The van der Waals surface area contributed by atoms with Crippen molar-refractivity contribution in [3.63, 3.8) is 0 Å². The number of carbonyl (C=O) groups is 2. The van der Waals surface area contributed by atoms with Crippen molar-refractivity contribution in [2.24, 2.45) is 0 Å². The Balaban J connectivity index is 2.19. The van der Waals surface area contributed by atoms with Crippen LogP contribution in [0.3, 0.4) is 0 Å². The van der Waals surface area contributed by atoms with Gasteiger partial charge in [0.25, 0.3) is 11.8 Å². The van der Waals surface area contributed by atoms with E-state index in [0.29, 0.717) is 16.0 Å². The van der Waals surface area contributed by atoms with Gasteiger partial charge in [-0.2, -0.15) is 0 Å². The fourth-order valence-electron chi connectivity index (χ4n) is 2.58. The van der Waals surface area contributed by atoms with Gasteiger partial charge in [-0.05, 0) is 69.1 Å². The van der Waals surface area contributed by atoms with Crippen molar-refractivity contribution in [2.75, 3.05) is 7.05 Å². The summed E-state index contributed by atoms with van der Waals surface area (Å²) in [5, 5.41) is 0. The van der Waals surface area contributed by atoms with E-state index in [1.54, 1.807) is 26.0 Å². The van der Waals surface area contributed by atoms with Gasteiger partial charge in [0, 0.05) is 10.4 Å². The second kappa shape index (κ2) is 8.20. The first-order valence-electron chi connectivity index (χ1n) is 8.35. The maximum atomic E-state index is 12.4. The number of hydrogen-bond donors (Lipinski definition) is 3. The molecule has 0 fully saturated rings. The molecule has 1 aromatic carbocycles. The highest BCUT2D eigenvalue weighted by Crippen LogP contribution is 2.22. The summed E-state index contributed by atoms with van der Waals surface area (Å²) in [5.74, 6) is -1.01. The summed E-state index contributed by atoms with van der Waals surface area (Å²) in [4.78, 5) is 26.3. The van der Waals surface area contributed by atoms with Crippen LogP contribution in [-0.2, 0) is 16.4 Å². The number of carbonyl (C=O) groups excluding carboxylic acids is 2. The quantitative estimate of drug-likeness (QED) is 0.659. The number of benzene rings is 1. The number of thiophene rings is 1. The Labute approximate surface area is 163 Å². The third-order valence-electron chi connectivity index (χ3n) is 4.30. The van der Waals surface area contributed by atoms with Gasteiger partial charge in [-0.15, -0.1) is 11.3 Å². The molecule has 0 unspecified atom stereocenters. The third kappa shape index (κ3) is 4.55. The third-order valence-corrected chi connectivity index (χ3v) is 7.22. The summed E-state index contributed by atoms with van der Waals surface area (Å²) >= 11 is 1.38. The molecule has 3 N–H and O–H groups in total. The van der Waals surface area contributed by atoms with Crippen LogP contribution in [0.5, 0.6) is 0 Å². The standard InChI is InChI=1S/C18H23N3O4S2/c1-6-14-11(3)8-15(26-14)18(23)21-20-17(22)13-7-10(2)12(4)16(9-13)27(24,25)19-5/h7-9,19H,6H2,1-5H3,(H,20,22)(H,21,23). The molecule has 0 saturated heterocycles. The molecule has 0 saturated carbocycles. The predicted octanol–water partition coefficient (Wildman–Crippen LogP) is 2.22. The first-order chi connectivity index (χ1) is 12.6. The summed E-state index contributed by atoms with van der Waals surface area (Å²) in [5.41, 5.74) is 7.11. The summed E-state index contributed by atoms with van der Waals surface area (Å²) in [6, 6.07) is 4.65. The molecule has 7 nitrogen and oxygen atoms in total. The zero-order chi connectivity index (χ0) is 20.4. The fourth-order valence-corrected chi connectivity index (χ4v) is 4.65. The zero-order valence-electron chi connectivity index (χ0n) is 15.9. The van der Waals surface area contributed by atoms with Gasteiger partial charge >= 0.3 is 0 Å². The molecule has 0 radical (unpaired) electrons. The van der Waals surface area contributed by atoms with Crippen LogP contribution >= 0.6 is 11.3 Å². The number of aryl methyl sites for hydroxylation is 3. The van der Waals surface area contributed by atoms with Crippen molar-refractivity contribution in [1.29, 1.82) is 0 Å². The van der Waals surface area contributed by atoms with Gasteiger partial charge in [0.1, 0.15) is 0 Å². The van der Waals surface area contributed by atoms with E-state index in [1.807, 2.05) is 13.8 Å². The van der Waals surface area contributed by atoms with Crippen LogP contribution < -0.4 is 15.6 Å². The minimum atomic E-state index is -3.70. The Hall–Kier alpha value is -2.23. The largest absolute Gasteiger partial charge is 0.279 e. The molecule has 146 valence electrons. The number of amides is 2. The van der Waals surface area contributed by atoms with Crippen LogP contribution in [0.25, 0.3) is 0 Å². The molecule has 0 aliphatic rings. The van der Waals surface area contributed by atoms with Gasteiger partial charge in [-0.3, -0.25) is 20.4 Å². The van der Waals surface area contributed by atoms with Crippen LogP contribution in [0.15, 0.2) is 23.1 Å². The lowest BCUT2D eigenvalue weighted by Crippen LogP contribution is -2.41. The van der Waals surface area contributed by atoms with Crippen molar-refractivity contribution in [2.45, 2.75) is 39.0 Å². The molecule has 2 rings (SSSR count). The lowest BCUT2D eigenvalue weighted by Gasteiger charge is -2.12. The second-order valence-electron chi connectivity index (χ2n) is 6.10. The molecule has 1 heterocycles. The molecule has 2 aromatic rings. The molecular weight excluding hydrogens is 386 g/mol. The minimum absolute atomic E-state index is 0.0305. The monoisotopic (exact) mass is 409 g/mol. The van der Waals surface area contributed by atoms with E-state index >= 15 is 0 Å². The Bertz CT molecular complexity index is 994. The topological polar surface area (TPSA) is 104 Å². The van der Waals surface area contributed by atoms with E-state index in [0.717, 1.165) is 16.9 Å². The maximum absolute atomic E-state index is 12.4. The molecule has 2 amide bonds. The summed E-state index contributed by atoms with van der Waals surface area (Å²) in [6.45, 7) is 7.34. The maximum Gasteiger partial charge on any atom is 0.279 e. The molecule has 0 spiro atoms. The SMILES string of the molecule is CCc1sc(C(=O)NNC(=O)c2cc(C)c(C)c(S(=O)(=O)NC)c2)cc1C. The minimum Gasteiger partial charge on any atom is -0.267 e. The Kier molecular flexibility index (Phi) is 6.40. The van der Waals surface area contributed by atoms with Crippen molar-refractivity contribution in [3.05, 3.63) is 50.2 Å². The van der Waals surface area contributed by atoms with Crippen molar-refractivity contribution in [1.82, 2.24) is 15.6 Å². The van der Waals surface area contributed by atoms with Gasteiger partial charge in [-0.25, -0.2) is 13.1 Å². The molecule has 0 aliphatic heterocycles. The van der Waals surface area contributed by atoms with Gasteiger partial charge in [0.2, 0.25) is 10.0 Å². The fraction of sp³-hybridized carbons (Fsp3) is 0.333. The molecule has 9 heteroatoms. The molecular formula is C18H23N3O4S2. The highest BCUT2D eigenvalue weighted by molar-refractivity contribution is 7.89. The van der Waals surface area contributed by atoms with Crippen LogP contribution in [0.1, 0.15) is 48.5 Å². The predicted molar refractivity (Wildman–Crippen MR) is 106 cm³/mol. The van der Waals surface area contributed by atoms with Crippen molar-refractivity contribution in [3.8, 4) is 0 Å². The Morgan fingerprint density at radius 3 is 2.19 bits per heavy atom. The van der Waals surface area contributed by atoms with E-state index < -0.39 is 21.8 Å². The molecule has 1 aromatic heterocycles. The van der Waals surface area contributed by atoms with Gasteiger partial charge in [0.15, 0.2) is 0 Å². The highest BCUT2D eigenvalue weighted by Gasteiger charge is 2.20. The molecule has 0 aliphatic carbocycles. The number of sulfonamides is 1. The number of rotatable bonds is 5. The van der Waals surface area contributed by atoms with E-state index in [9.17, 15) is 18.0 Å². The molecule has 0 atom stereocenters. The average Bonchev–Trinajstić information content (AvgIpc) is 3.02. The molecule has 27 heavy (non-hydrogen) atoms. The molecule has 0 bridgehead atoms. The summed E-state index contributed by atoms with van der Waals surface area (Å²) in [6.07, 6.45) is 0.835. The van der Waals surface area contributed by atoms with Crippen molar-refractivity contribution >= 4 is 33.2 Å². The summed E-state index contributed by atoms with van der Waals surface area (Å²) in [7, 11) is -2.39. The van der Waals surface area contributed by atoms with E-state index in [2.05, 4.69) is 15.6 Å². The lowest BCUT2D eigenvalue weighted by molar-refractivity contribution is 0.0848. The Morgan fingerprint density at radius 1 is 1.00 bits per heavy atom. The van der Waals surface area contributed by atoms with Crippen LogP contribution in [0.2, 0.25) is 0 Å². The van der Waals surface area contributed by atoms with Crippen LogP contribution in [0, 0.1) is 20.8 Å². The van der Waals surface area contributed by atoms with E-state index in [4.69, 9.17) is 0 Å². The normalized spacial score (nSPS) is 11.3. The number of hydrazine groups is 1. The number of hydrogen-bond acceptors (Lipinski definition) is 5. The van der Waals surface area contributed by atoms with Crippen molar-refractivity contribution < 1.29 is 18.0 Å². The van der Waals surface area contributed by atoms with Crippen LogP contribution in [0.4, 0.5) is 0 Å². The first kappa shape index (κ1) is 21.1. The average molecular weight is 410 g/mol. The van der Waals surface area contributed by atoms with E-state index in [1.165, 1.54) is 24.5 Å². The summed E-state index contributed by atoms with van der Waals surface area (Å²) < 4.78 is 26.6. The Morgan fingerprint density at radius 2 is 1.63 bits per heavy atom. The smallest absolute Gasteiger partial charge is 0.267 e. The van der Waals surface area contributed by atoms with E-state index in [-0.39, 0.29) is 10.5 Å². The zero-order valence-corrected chi connectivity index (χ0v) is 17.5.